The lowest BCUT2D eigenvalue weighted by molar-refractivity contribution is -0.114. The summed E-state index contributed by atoms with van der Waals surface area (Å²) in [7, 11) is 1.43. The summed E-state index contributed by atoms with van der Waals surface area (Å²) in [6.07, 6.45) is 0. The molecule has 1 rings (SSSR count). The maximum absolute atomic E-state index is 10.8. The van der Waals surface area contributed by atoms with Crippen LogP contribution in [-0.4, -0.2) is 18.2 Å². The van der Waals surface area contributed by atoms with Gasteiger partial charge in [-0.25, -0.2) is 0 Å². The quantitative estimate of drug-likeness (QED) is 0.737. The Morgan fingerprint density at radius 1 is 1.60 bits per heavy atom. The number of carbonyl (C=O) groups is 1. The minimum Gasteiger partial charge on any atom is -0.733 e. The minimum absolute atomic E-state index is 0.0791. The van der Waals surface area contributed by atoms with Crippen LogP contribution in [0.1, 0.15) is 6.92 Å². The van der Waals surface area contributed by atoms with E-state index in [2.05, 4.69) is 5.32 Å². The first kappa shape index (κ1) is 11.3. The van der Waals surface area contributed by atoms with Crippen molar-refractivity contribution in [1.29, 1.82) is 0 Å². The Morgan fingerprint density at radius 3 is 2.73 bits per heavy atom. The molecule has 0 aliphatic rings. The Bertz CT molecular complexity index is 365. The van der Waals surface area contributed by atoms with E-state index in [1.54, 1.807) is 6.07 Å². The van der Waals surface area contributed by atoms with Crippen LogP contribution in [0.5, 0.6) is 5.75 Å². The fourth-order valence-electron chi connectivity index (χ4n) is 1.09. The molecule has 1 aromatic carbocycles. The zero-order chi connectivity index (χ0) is 11.4. The van der Waals surface area contributed by atoms with Gasteiger partial charge in [0.15, 0.2) is 0 Å². The van der Waals surface area contributed by atoms with Gasteiger partial charge in [0.1, 0.15) is 5.75 Å². The Kier molecular flexibility index (Phi) is 3.48. The molecule has 0 unspecified atom stereocenters. The van der Waals surface area contributed by atoms with Crippen LogP contribution < -0.4 is 15.3 Å². The highest BCUT2D eigenvalue weighted by molar-refractivity contribution is 5.92. The van der Waals surface area contributed by atoms with Crippen molar-refractivity contribution in [3.63, 3.8) is 0 Å². The van der Waals surface area contributed by atoms with Crippen molar-refractivity contribution in [2.45, 2.75) is 6.92 Å². The van der Waals surface area contributed by atoms with E-state index in [9.17, 15) is 10.0 Å². The summed E-state index contributed by atoms with van der Waals surface area (Å²) in [6.45, 7) is 1.31. The van der Waals surface area contributed by atoms with E-state index in [1.165, 1.54) is 26.2 Å². The summed E-state index contributed by atoms with van der Waals surface area (Å²) < 4.78 is 4.88. The number of nitrogens with one attached hydrogen (secondary N) is 1. The molecule has 0 atom stereocenters. The van der Waals surface area contributed by atoms with Crippen LogP contribution in [-0.2, 0) is 4.79 Å². The highest BCUT2D eigenvalue weighted by atomic mass is 16.8. The number of carbonyl (C=O) groups excluding carboxylic acids is 1. The summed E-state index contributed by atoms with van der Waals surface area (Å²) in [6, 6.07) is 4.35. The van der Waals surface area contributed by atoms with Crippen molar-refractivity contribution < 1.29 is 14.7 Å². The van der Waals surface area contributed by atoms with Gasteiger partial charge < -0.3 is 20.5 Å². The van der Waals surface area contributed by atoms with Crippen LogP contribution in [0.4, 0.5) is 11.4 Å². The van der Waals surface area contributed by atoms with Crippen molar-refractivity contribution in [1.82, 2.24) is 0 Å². The molecular weight excluding hydrogens is 200 g/mol. The summed E-state index contributed by atoms with van der Waals surface area (Å²) in [5.74, 6) is 0.0808. The first-order valence-electron chi connectivity index (χ1n) is 4.16. The van der Waals surface area contributed by atoms with Crippen molar-refractivity contribution >= 4 is 17.3 Å². The van der Waals surface area contributed by atoms with Gasteiger partial charge in [-0.15, -0.1) is 0 Å². The molecule has 0 spiro atoms. The van der Waals surface area contributed by atoms with E-state index in [0.29, 0.717) is 5.75 Å². The fourth-order valence-corrected chi connectivity index (χ4v) is 1.09. The normalized spacial score (nSPS) is 9.60. The molecule has 0 radical (unpaired) electrons. The van der Waals surface area contributed by atoms with E-state index >= 15 is 0 Å². The number of nitrogens with zero attached hydrogens (tertiary/aromatic N) is 1. The average Bonchev–Trinajstić information content (AvgIpc) is 2.17. The van der Waals surface area contributed by atoms with E-state index in [0.717, 1.165) is 0 Å². The number of benzene rings is 1. The molecule has 0 aromatic heterocycles. The topological polar surface area (TPSA) is 84.9 Å². The number of anilines is 2. The van der Waals surface area contributed by atoms with Crippen LogP contribution in [0.2, 0.25) is 0 Å². The van der Waals surface area contributed by atoms with E-state index in [4.69, 9.17) is 9.94 Å². The number of hydrogen-bond acceptors (Lipinski definition) is 5. The Hall–Kier alpha value is -1.79. The summed E-state index contributed by atoms with van der Waals surface area (Å²) in [4.78, 5) is 10.8. The molecule has 1 amide bonds. The monoisotopic (exact) mass is 211 g/mol. The van der Waals surface area contributed by atoms with Gasteiger partial charge in [0.2, 0.25) is 5.91 Å². The molecule has 15 heavy (non-hydrogen) atoms. The van der Waals surface area contributed by atoms with Crippen LogP contribution in [0.15, 0.2) is 18.2 Å². The van der Waals surface area contributed by atoms with Gasteiger partial charge >= 0.3 is 0 Å². The third kappa shape index (κ3) is 2.83. The molecule has 6 heteroatoms. The average molecular weight is 211 g/mol. The van der Waals surface area contributed by atoms with Gasteiger partial charge in [-0.05, 0) is 12.1 Å². The second-order valence-electron chi connectivity index (χ2n) is 2.84. The summed E-state index contributed by atoms with van der Waals surface area (Å²) in [5.41, 5.74) is 0.144. The molecule has 82 valence electrons. The summed E-state index contributed by atoms with van der Waals surface area (Å²) >= 11 is 0. The third-order valence-corrected chi connectivity index (χ3v) is 1.72. The van der Waals surface area contributed by atoms with Crippen LogP contribution >= 0.6 is 0 Å². The standard InChI is InChI=1S/C9H11N2O4/c1-6(12)10-8-4-3-7(15-2)5-9(8)11(13)14/h3-5,13H,1-2H3,(H,10,12)/q-1. The second kappa shape index (κ2) is 4.63. The van der Waals surface area contributed by atoms with E-state index in [-0.39, 0.29) is 22.5 Å². The SMILES string of the molecule is COc1ccc(NC(C)=O)c(N([O-])O)c1. The van der Waals surface area contributed by atoms with Gasteiger partial charge in [-0.1, -0.05) is 0 Å². The maximum Gasteiger partial charge on any atom is 0.221 e. The largest absolute Gasteiger partial charge is 0.733 e. The van der Waals surface area contributed by atoms with Crippen LogP contribution in [0, 0.1) is 5.21 Å². The predicted octanol–water partition coefficient (Wildman–Crippen LogP) is 1.35. The first-order valence-corrected chi connectivity index (χ1v) is 4.16. The molecule has 0 aliphatic carbocycles. The van der Waals surface area contributed by atoms with Gasteiger partial charge in [0, 0.05) is 13.0 Å². The molecule has 0 fully saturated rings. The van der Waals surface area contributed by atoms with Gasteiger partial charge in [-0.3, -0.25) is 10.0 Å². The van der Waals surface area contributed by atoms with Crippen LogP contribution in [0.25, 0.3) is 0 Å². The highest BCUT2D eigenvalue weighted by Gasteiger charge is 2.06. The zero-order valence-corrected chi connectivity index (χ0v) is 8.35. The number of ether oxygens (including phenoxy) is 1. The zero-order valence-electron chi connectivity index (χ0n) is 8.35. The predicted molar refractivity (Wildman–Crippen MR) is 54.9 cm³/mol. The van der Waals surface area contributed by atoms with Gasteiger partial charge in [-0.2, -0.15) is 0 Å². The highest BCUT2D eigenvalue weighted by Crippen LogP contribution is 2.29. The molecule has 0 bridgehead atoms. The number of amides is 1. The molecule has 0 saturated heterocycles. The molecule has 0 saturated carbocycles. The smallest absolute Gasteiger partial charge is 0.221 e. The lowest BCUT2D eigenvalue weighted by Crippen LogP contribution is -2.13. The molecule has 0 heterocycles. The van der Waals surface area contributed by atoms with Crippen LogP contribution in [0.3, 0.4) is 0 Å². The minimum atomic E-state index is -0.330. The number of methoxy groups -OCH3 is 1. The lowest BCUT2D eigenvalue weighted by Gasteiger charge is -2.24. The third-order valence-electron chi connectivity index (χ3n) is 1.72. The summed E-state index contributed by atoms with van der Waals surface area (Å²) in [5, 5.41) is 21.7. The number of rotatable bonds is 3. The molecule has 6 nitrogen and oxygen atoms in total. The lowest BCUT2D eigenvalue weighted by atomic mass is 10.2. The first-order chi connectivity index (χ1) is 7.04. The fraction of sp³-hybridized carbons (Fsp3) is 0.222. The van der Waals surface area contributed by atoms with Crippen molar-refractivity contribution in [2.24, 2.45) is 0 Å². The molecular formula is C9H11N2O4-. The maximum atomic E-state index is 10.8. The van der Waals surface area contributed by atoms with Crippen molar-refractivity contribution in [3.05, 3.63) is 23.4 Å². The molecule has 2 N–H and O–H groups in total. The Balaban J connectivity index is 3.09. The van der Waals surface area contributed by atoms with Gasteiger partial charge in [0.05, 0.1) is 18.5 Å². The second-order valence-corrected chi connectivity index (χ2v) is 2.84. The molecule has 0 aliphatic heterocycles. The van der Waals surface area contributed by atoms with Gasteiger partial charge in [0.25, 0.3) is 0 Å². The van der Waals surface area contributed by atoms with E-state index < -0.39 is 0 Å². The Morgan fingerprint density at radius 2 is 2.27 bits per heavy atom. The van der Waals surface area contributed by atoms with Crippen molar-refractivity contribution in [2.75, 3.05) is 17.7 Å². The van der Waals surface area contributed by atoms with E-state index in [1.807, 2.05) is 0 Å². The molecule has 1 aromatic rings. The van der Waals surface area contributed by atoms with Crippen molar-refractivity contribution in [3.8, 4) is 5.75 Å². The Labute approximate surface area is 86.6 Å². The number of hydrogen-bond donors (Lipinski definition) is 2.